The Morgan fingerprint density at radius 1 is 0.793 bits per heavy atom. The van der Waals surface area contributed by atoms with E-state index >= 15 is 0 Å². The van der Waals surface area contributed by atoms with Crippen LogP contribution in [0.5, 0.6) is 0 Å². The number of rotatable bonds is 4. The monoisotopic (exact) mass is 396 g/mol. The van der Waals surface area contributed by atoms with Crippen molar-refractivity contribution >= 4 is 32.9 Å². The fourth-order valence-electron chi connectivity index (χ4n) is 3.24. The Labute approximate surface area is 170 Å². The van der Waals surface area contributed by atoms with Gasteiger partial charge in [0.25, 0.3) is 5.56 Å². The predicted octanol–water partition coefficient (Wildman–Crippen LogP) is 5.46. The van der Waals surface area contributed by atoms with E-state index in [1.165, 1.54) is 0 Å². The molecular formula is C23H16N4OS. The van der Waals surface area contributed by atoms with Crippen molar-refractivity contribution in [2.45, 2.75) is 0 Å². The first-order chi connectivity index (χ1) is 14.3. The summed E-state index contributed by atoms with van der Waals surface area (Å²) in [5.41, 5.74) is 3.61. The zero-order chi connectivity index (χ0) is 19.6. The molecule has 0 saturated carbocycles. The molecule has 140 valence electrons. The zero-order valence-electron chi connectivity index (χ0n) is 15.3. The van der Waals surface area contributed by atoms with Crippen LogP contribution in [0.1, 0.15) is 0 Å². The van der Waals surface area contributed by atoms with Gasteiger partial charge in [0.2, 0.25) is 0 Å². The molecule has 0 amide bonds. The molecule has 0 saturated heterocycles. The summed E-state index contributed by atoms with van der Waals surface area (Å²) in [6.45, 7) is 0. The van der Waals surface area contributed by atoms with Crippen LogP contribution >= 0.6 is 11.3 Å². The highest BCUT2D eigenvalue weighted by molar-refractivity contribution is 7.18. The number of hydrogen-bond donors (Lipinski definition) is 2. The first-order valence-electron chi connectivity index (χ1n) is 9.14. The fraction of sp³-hybridized carbons (Fsp3) is 0. The topological polar surface area (TPSA) is 70.7 Å². The molecule has 0 radical (unpaired) electrons. The van der Waals surface area contributed by atoms with Gasteiger partial charge in [0.15, 0.2) is 5.13 Å². The number of nitrogens with zero attached hydrogens (tertiary/aromatic N) is 2. The lowest BCUT2D eigenvalue weighted by atomic mass is 10.0. The molecule has 5 rings (SSSR count). The second-order valence-corrected chi connectivity index (χ2v) is 7.58. The Morgan fingerprint density at radius 3 is 2.31 bits per heavy atom. The van der Waals surface area contributed by atoms with Gasteiger partial charge in [-0.25, -0.2) is 10.1 Å². The van der Waals surface area contributed by atoms with Crippen LogP contribution in [-0.2, 0) is 0 Å². The van der Waals surface area contributed by atoms with E-state index in [1.54, 1.807) is 11.3 Å². The lowest BCUT2D eigenvalue weighted by molar-refractivity contribution is 1.02. The van der Waals surface area contributed by atoms with Crippen molar-refractivity contribution in [2.75, 3.05) is 5.32 Å². The molecule has 0 aliphatic heterocycles. The molecule has 6 heteroatoms. The van der Waals surface area contributed by atoms with E-state index in [0.717, 1.165) is 37.9 Å². The molecule has 5 aromatic rings. The van der Waals surface area contributed by atoms with Gasteiger partial charge in [0.05, 0.1) is 16.0 Å². The average molecular weight is 396 g/mol. The van der Waals surface area contributed by atoms with E-state index in [1.807, 2.05) is 72.9 Å². The van der Waals surface area contributed by atoms with Crippen LogP contribution in [0.15, 0.2) is 89.9 Å². The van der Waals surface area contributed by atoms with Gasteiger partial charge in [-0.2, -0.15) is 5.10 Å². The summed E-state index contributed by atoms with van der Waals surface area (Å²) >= 11 is 1.61. The summed E-state index contributed by atoms with van der Waals surface area (Å²) in [5.74, 6) is 0. The number of hydrogen-bond acceptors (Lipinski definition) is 5. The van der Waals surface area contributed by atoms with Crippen molar-refractivity contribution < 1.29 is 0 Å². The SMILES string of the molecule is O=c1[nH]nc(-c2ccc(Nc3ncc(-c4ccccc4)s3)cc2)c2ccccc12. The number of nitrogens with one attached hydrogen (secondary N) is 2. The molecule has 2 aromatic heterocycles. The van der Waals surface area contributed by atoms with Crippen molar-refractivity contribution in [1.82, 2.24) is 15.2 Å². The van der Waals surface area contributed by atoms with E-state index in [0.29, 0.717) is 5.39 Å². The highest BCUT2D eigenvalue weighted by atomic mass is 32.1. The van der Waals surface area contributed by atoms with Crippen LogP contribution in [0, 0.1) is 0 Å². The molecule has 5 nitrogen and oxygen atoms in total. The smallest absolute Gasteiger partial charge is 0.272 e. The van der Waals surface area contributed by atoms with Gasteiger partial charge in [-0.3, -0.25) is 4.79 Å². The Morgan fingerprint density at radius 2 is 1.52 bits per heavy atom. The molecule has 0 unspecified atom stereocenters. The van der Waals surface area contributed by atoms with E-state index in [9.17, 15) is 4.79 Å². The minimum Gasteiger partial charge on any atom is -0.332 e. The van der Waals surface area contributed by atoms with Crippen molar-refractivity contribution in [3.8, 4) is 21.7 Å². The van der Waals surface area contributed by atoms with Crippen LogP contribution in [0.2, 0.25) is 0 Å². The lowest BCUT2D eigenvalue weighted by Crippen LogP contribution is -2.09. The highest BCUT2D eigenvalue weighted by Crippen LogP contribution is 2.31. The maximum atomic E-state index is 12.0. The third kappa shape index (κ3) is 3.41. The van der Waals surface area contributed by atoms with Gasteiger partial charge in [-0.15, -0.1) is 0 Å². The molecule has 0 fully saturated rings. The molecule has 2 heterocycles. The van der Waals surface area contributed by atoms with Crippen LogP contribution < -0.4 is 10.9 Å². The van der Waals surface area contributed by atoms with Crippen molar-refractivity contribution in [2.24, 2.45) is 0 Å². The minimum atomic E-state index is -0.180. The van der Waals surface area contributed by atoms with Crippen molar-refractivity contribution in [1.29, 1.82) is 0 Å². The second-order valence-electron chi connectivity index (χ2n) is 6.54. The van der Waals surface area contributed by atoms with E-state index < -0.39 is 0 Å². The predicted molar refractivity (Wildman–Crippen MR) is 119 cm³/mol. The molecule has 0 atom stereocenters. The molecular weight excluding hydrogens is 380 g/mol. The molecule has 0 aliphatic carbocycles. The molecule has 29 heavy (non-hydrogen) atoms. The number of aromatic nitrogens is 3. The van der Waals surface area contributed by atoms with Gasteiger partial charge in [0.1, 0.15) is 0 Å². The van der Waals surface area contributed by atoms with Crippen LogP contribution in [-0.4, -0.2) is 15.2 Å². The lowest BCUT2D eigenvalue weighted by Gasteiger charge is -2.07. The highest BCUT2D eigenvalue weighted by Gasteiger charge is 2.09. The summed E-state index contributed by atoms with van der Waals surface area (Å²) < 4.78 is 0. The maximum absolute atomic E-state index is 12.0. The summed E-state index contributed by atoms with van der Waals surface area (Å²) in [5, 5.41) is 12.5. The quantitative estimate of drug-likeness (QED) is 0.423. The minimum absolute atomic E-state index is 0.180. The third-order valence-electron chi connectivity index (χ3n) is 4.67. The summed E-state index contributed by atoms with van der Waals surface area (Å²) in [7, 11) is 0. The van der Waals surface area contributed by atoms with Gasteiger partial charge in [0, 0.05) is 22.8 Å². The largest absolute Gasteiger partial charge is 0.332 e. The summed E-state index contributed by atoms with van der Waals surface area (Å²) in [6.07, 6.45) is 1.88. The first kappa shape index (κ1) is 17.3. The van der Waals surface area contributed by atoms with E-state index in [-0.39, 0.29) is 5.56 Å². The van der Waals surface area contributed by atoms with Crippen LogP contribution in [0.4, 0.5) is 10.8 Å². The third-order valence-corrected chi connectivity index (χ3v) is 5.63. The number of anilines is 2. The van der Waals surface area contributed by atoms with Gasteiger partial charge >= 0.3 is 0 Å². The van der Waals surface area contributed by atoms with Crippen molar-refractivity contribution in [3.63, 3.8) is 0 Å². The normalized spacial score (nSPS) is 10.9. The van der Waals surface area contributed by atoms with Gasteiger partial charge in [-0.1, -0.05) is 72.0 Å². The number of fused-ring (bicyclic) bond motifs is 1. The summed E-state index contributed by atoms with van der Waals surface area (Å²) in [4.78, 5) is 17.6. The van der Waals surface area contributed by atoms with Crippen LogP contribution in [0.3, 0.4) is 0 Å². The molecule has 3 aromatic carbocycles. The Balaban J connectivity index is 1.41. The maximum Gasteiger partial charge on any atom is 0.272 e. The standard InChI is InChI=1S/C23H16N4OS/c28-22-19-9-5-4-8-18(19)21(26-27-22)16-10-12-17(13-11-16)25-23-24-14-20(29-23)15-6-2-1-3-7-15/h1-14H,(H,24,25)(H,27,28). The second kappa shape index (κ2) is 7.33. The van der Waals surface area contributed by atoms with E-state index in [4.69, 9.17) is 0 Å². The number of benzene rings is 3. The fourth-order valence-corrected chi connectivity index (χ4v) is 4.08. The Hall–Kier alpha value is -3.77. The molecule has 2 N–H and O–H groups in total. The van der Waals surface area contributed by atoms with E-state index in [2.05, 4.69) is 32.6 Å². The van der Waals surface area contributed by atoms with Gasteiger partial charge in [-0.05, 0) is 23.8 Å². The Kier molecular flexibility index (Phi) is 4.38. The molecule has 0 spiro atoms. The van der Waals surface area contributed by atoms with Crippen LogP contribution in [0.25, 0.3) is 32.5 Å². The summed E-state index contributed by atoms with van der Waals surface area (Å²) in [6, 6.07) is 25.6. The molecule has 0 bridgehead atoms. The zero-order valence-corrected chi connectivity index (χ0v) is 16.1. The average Bonchev–Trinajstić information content (AvgIpc) is 3.24. The number of aromatic amines is 1. The Bertz CT molecular complexity index is 1340. The first-order valence-corrected chi connectivity index (χ1v) is 9.96. The van der Waals surface area contributed by atoms with Crippen molar-refractivity contribution in [3.05, 3.63) is 95.4 Å². The molecule has 0 aliphatic rings. The number of H-pyrrole nitrogens is 1. The van der Waals surface area contributed by atoms with Gasteiger partial charge < -0.3 is 5.32 Å². The number of thiazole rings is 1.